The summed E-state index contributed by atoms with van der Waals surface area (Å²) in [6.07, 6.45) is 8.42. The largest absolute Gasteiger partial charge is 0.352 e. The highest BCUT2D eigenvalue weighted by atomic mass is 16.2. The molecule has 0 spiro atoms. The number of fused-ring (bicyclic) bond motifs is 2. The molecule has 0 aromatic rings. The van der Waals surface area contributed by atoms with E-state index in [1.807, 2.05) is 0 Å². The lowest BCUT2D eigenvalue weighted by Gasteiger charge is -2.46. The van der Waals surface area contributed by atoms with Crippen molar-refractivity contribution in [3.63, 3.8) is 0 Å². The van der Waals surface area contributed by atoms with Gasteiger partial charge in [0.1, 0.15) is 0 Å². The Morgan fingerprint density at radius 2 is 2.36 bits per heavy atom. The zero-order valence-electron chi connectivity index (χ0n) is 8.62. The molecule has 0 unspecified atom stereocenters. The van der Waals surface area contributed by atoms with Gasteiger partial charge in [0.15, 0.2) is 0 Å². The lowest BCUT2D eigenvalue weighted by molar-refractivity contribution is 0.109. The molecule has 1 fully saturated rings. The zero-order valence-corrected chi connectivity index (χ0v) is 8.62. The molecule has 3 rings (SSSR count). The maximum atomic E-state index is 10.7. The highest BCUT2D eigenvalue weighted by molar-refractivity contribution is 5.71. The van der Waals surface area contributed by atoms with E-state index in [-0.39, 0.29) is 5.41 Å². The van der Waals surface area contributed by atoms with E-state index in [2.05, 4.69) is 24.4 Å². The molecule has 78 valence electrons. The van der Waals surface area contributed by atoms with Crippen molar-refractivity contribution in [3.8, 4) is 0 Å². The lowest BCUT2D eigenvalue weighted by Crippen LogP contribution is -2.46. The number of primary amides is 1. The molecule has 3 atom stereocenters. The maximum absolute atomic E-state index is 10.7. The monoisotopic (exact) mass is 194 g/mol. The fourth-order valence-corrected chi connectivity index (χ4v) is 2.87. The van der Waals surface area contributed by atoms with Crippen molar-refractivity contribution < 1.29 is 4.79 Å². The number of urea groups is 1. The van der Waals surface area contributed by atoms with Gasteiger partial charge in [0.05, 0.1) is 0 Å². The molecule has 0 aromatic heterocycles. The molecule has 0 radical (unpaired) electrons. The first kappa shape index (κ1) is 9.56. The van der Waals surface area contributed by atoms with Crippen LogP contribution < -0.4 is 11.1 Å². The average Bonchev–Trinajstić information content (AvgIpc) is 2.16. The van der Waals surface area contributed by atoms with Crippen LogP contribution in [0.25, 0.3) is 0 Å². The molecule has 3 heteroatoms. The van der Waals surface area contributed by atoms with Gasteiger partial charge in [-0.05, 0) is 36.5 Å². The van der Waals surface area contributed by atoms with Crippen molar-refractivity contribution >= 4 is 6.03 Å². The van der Waals surface area contributed by atoms with Crippen LogP contribution in [0.4, 0.5) is 4.79 Å². The van der Waals surface area contributed by atoms with Gasteiger partial charge < -0.3 is 11.1 Å². The third kappa shape index (κ3) is 1.63. The number of nitrogens with two attached hydrogens (primary N) is 1. The SMILES string of the molecule is C[C@@]1(CNC(N)=O)C[C@@H]2C=C[C@H]1CC2. The summed E-state index contributed by atoms with van der Waals surface area (Å²) >= 11 is 0. The Hall–Kier alpha value is -0.990. The van der Waals surface area contributed by atoms with Crippen LogP contribution in [-0.2, 0) is 0 Å². The Labute approximate surface area is 84.7 Å². The maximum Gasteiger partial charge on any atom is 0.312 e. The van der Waals surface area contributed by atoms with E-state index in [1.54, 1.807) is 0 Å². The smallest absolute Gasteiger partial charge is 0.312 e. The predicted octanol–water partition coefficient (Wildman–Crippen LogP) is 1.65. The quantitative estimate of drug-likeness (QED) is 0.645. The number of amides is 2. The minimum Gasteiger partial charge on any atom is -0.352 e. The fraction of sp³-hybridized carbons (Fsp3) is 0.727. The van der Waals surface area contributed by atoms with Gasteiger partial charge in [-0.2, -0.15) is 0 Å². The van der Waals surface area contributed by atoms with Crippen molar-refractivity contribution in [1.29, 1.82) is 0 Å². The third-order valence-electron chi connectivity index (χ3n) is 3.75. The number of hydrogen-bond acceptors (Lipinski definition) is 1. The Bertz CT molecular complexity index is 274. The fourth-order valence-electron chi connectivity index (χ4n) is 2.87. The summed E-state index contributed by atoms with van der Waals surface area (Å²) in [7, 11) is 0. The highest BCUT2D eigenvalue weighted by Crippen LogP contribution is 2.48. The van der Waals surface area contributed by atoms with Crippen LogP contribution in [0.2, 0.25) is 0 Å². The van der Waals surface area contributed by atoms with Crippen molar-refractivity contribution in [2.75, 3.05) is 6.54 Å². The van der Waals surface area contributed by atoms with Gasteiger partial charge in [0.2, 0.25) is 0 Å². The first-order chi connectivity index (χ1) is 6.60. The van der Waals surface area contributed by atoms with Crippen molar-refractivity contribution in [2.24, 2.45) is 23.0 Å². The van der Waals surface area contributed by atoms with E-state index < -0.39 is 6.03 Å². The van der Waals surface area contributed by atoms with Crippen LogP contribution in [0, 0.1) is 17.3 Å². The predicted molar refractivity (Wildman–Crippen MR) is 55.7 cm³/mol. The van der Waals surface area contributed by atoms with Crippen LogP contribution in [-0.4, -0.2) is 12.6 Å². The van der Waals surface area contributed by atoms with Crippen LogP contribution in [0.3, 0.4) is 0 Å². The standard InChI is InChI=1S/C11H18N2O/c1-11(7-13-10(12)14)6-8-2-4-9(11)5-3-8/h2,4,8-9H,3,5-7H2,1H3,(H3,12,13,14)/t8-,9+,11+/m1/s1. The van der Waals surface area contributed by atoms with Crippen LogP contribution in [0.1, 0.15) is 26.2 Å². The van der Waals surface area contributed by atoms with Gasteiger partial charge in [0, 0.05) is 6.54 Å². The summed E-state index contributed by atoms with van der Waals surface area (Å²) in [5, 5.41) is 2.75. The van der Waals surface area contributed by atoms with Gasteiger partial charge >= 0.3 is 6.03 Å². The summed E-state index contributed by atoms with van der Waals surface area (Å²) in [5.41, 5.74) is 5.33. The zero-order chi connectivity index (χ0) is 10.2. The van der Waals surface area contributed by atoms with E-state index >= 15 is 0 Å². The molecule has 0 heterocycles. The summed E-state index contributed by atoms with van der Waals surface area (Å²) < 4.78 is 0. The summed E-state index contributed by atoms with van der Waals surface area (Å²) in [5.74, 6) is 1.35. The molecule has 2 amide bonds. The summed E-state index contributed by atoms with van der Waals surface area (Å²) in [4.78, 5) is 10.7. The van der Waals surface area contributed by atoms with Gasteiger partial charge in [-0.1, -0.05) is 19.1 Å². The second-order valence-corrected chi connectivity index (χ2v) is 4.90. The van der Waals surface area contributed by atoms with Gasteiger partial charge in [-0.25, -0.2) is 4.79 Å². The Morgan fingerprint density at radius 3 is 2.79 bits per heavy atom. The number of nitrogens with one attached hydrogen (secondary N) is 1. The molecule has 0 saturated heterocycles. The molecular weight excluding hydrogens is 176 g/mol. The number of allylic oxidation sites excluding steroid dienone is 2. The van der Waals surface area contributed by atoms with Gasteiger partial charge in [-0.15, -0.1) is 0 Å². The Morgan fingerprint density at radius 1 is 1.57 bits per heavy atom. The number of carbonyl (C=O) groups is 1. The molecular formula is C11H18N2O. The molecule has 3 aliphatic carbocycles. The average molecular weight is 194 g/mol. The van der Waals surface area contributed by atoms with E-state index in [4.69, 9.17) is 5.73 Å². The van der Waals surface area contributed by atoms with Crippen molar-refractivity contribution in [3.05, 3.63) is 12.2 Å². The normalized spacial score (nSPS) is 39.8. The molecule has 0 aromatic carbocycles. The second kappa shape index (κ2) is 3.30. The van der Waals surface area contributed by atoms with Gasteiger partial charge in [0.25, 0.3) is 0 Å². The van der Waals surface area contributed by atoms with E-state index in [9.17, 15) is 4.79 Å². The molecule has 3 nitrogen and oxygen atoms in total. The second-order valence-electron chi connectivity index (χ2n) is 4.90. The van der Waals surface area contributed by atoms with E-state index in [1.165, 1.54) is 19.3 Å². The van der Waals surface area contributed by atoms with Crippen molar-refractivity contribution in [1.82, 2.24) is 5.32 Å². The number of hydrogen-bond donors (Lipinski definition) is 2. The first-order valence-corrected chi connectivity index (χ1v) is 5.32. The van der Waals surface area contributed by atoms with Crippen LogP contribution in [0.5, 0.6) is 0 Å². The van der Waals surface area contributed by atoms with E-state index in [0.29, 0.717) is 12.5 Å². The molecule has 14 heavy (non-hydrogen) atoms. The van der Waals surface area contributed by atoms with Gasteiger partial charge in [-0.3, -0.25) is 0 Å². The topological polar surface area (TPSA) is 55.1 Å². The number of rotatable bonds is 2. The van der Waals surface area contributed by atoms with Crippen LogP contribution in [0.15, 0.2) is 12.2 Å². The molecule has 3 N–H and O–H groups in total. The first-order valence-electron chi connectivity index (χ1n) is 5.32. The minimum atomic E-state index is -0.406. The van der Waals surface area contributed by atoms with E-state index in [0.717, 1.165) is 5.92 Å². The summed E-state index contributed by atoms with van der Waals surface area (Å²) in [6.45, 7) is 2.97. The Kier molecular flexibility index (Phi) is 2.25. The molecule has 3 aliphatic rings. The molecule has 2 bridgehead atoms. The van der Waals surface area contributed by atoms with Crippen molar-refractivity contribution in [2.45, 2.75) is 26.2 Å². The Balaban J connectivity index is 2.02. The third-order valence-corrected chi connectivity index (χ3v) is 3.75. The van der Waals surface area contributed by atoms with Crippen LogP contribution >= 0.6 is 0 Å². The molecule has 0 aliphatic heterocycles. The minimum absolute atomic E-state index is 0.229. The summed E-state index contributed by atoms with van der Waals surface area (Å²) in [6, 6.07) is -0.406. The number of carbonyl (C=O) groups excluding carboxylic acids is 1. The highest BCUT2D eigenvalue weighted by Gasteiger charge is 2.41. The lowest BCUT2D eigenvalue weighted by atomic mass is 9.60. The molecule has 1 saturated carbocycles.